The van der Waals surface area contributed by atoms with E-state index < -0.39 is 0 Å². The van der Waals surface area contributed by atoms with Crippen LogP contribution < -0.4 is 9.47 Å². The SMILES string of the molecule is COc1ccc(Oc2cc3nccnc3cc2Cl)cc1. The van der Waals surface area contributed by atoms with Gasteiger partial charge in [0, 0.05) is 18.5 Å². The highest BCUT2D eigenvalue weighted by atomic mass is 35.5. The fourth-order valence-corrected chi connectivity index (χ4v) is 2.01. The monoisotopic (exact) mass is 286 g/mol. The zero-order valence-electron chi connectivity index (χ0n) is 10.7. The van der Waals surface area contributed by atoms with Crippen molar-refractivity contribution in [3.8, 4) is 17.2 Å². The zero-order valence-corrected chi connectivity index (χ0v) is 11.5. The highest BCUT2D eigenvalue weighted by molar-refractivity contribution is 6.32. The Kier molecular flexibility index (Phi) is 3.39. The molecule has 0 spiro atoms. The van der Waals surface area contributed by atoms with Crippen LogP contribution in [0.25, 0.3) is 11.0 Å². The molecule has 0 N–H and O–H groups in total. The Bertz CT molecular complexity index is 744. The molecule has 0 unspecified atom stereocenters. The molecular formula is C15H11ClN2O2. The predicted molar refractivity (Wildman–Crippen MR) is 77.6 cm³/mol. The zero-order chi connectivity index (χ0) is 13.9. The van der Waals surface area contributed by atoms with Crippen LogP contribution >= 0.6 is 11.6 Å². The van der Waals surface area contributed by atoms with Crippen LogP contribution in [0.5, 0.6) is 17.2 Å². The molecule has 1 aromatic heterocycles. The van der Waals surface area contributed by atoms with E-state index >= 15 is 0 Å². The van der Waals surface area contributed by atoms with Gasteiger partial charge in [0.2, 0.25) is 0 Å². The topological polar surface area (TPSA) is 44.2 Å². The second-order valence-corrected chi connectivity index (χ2v) is 4.51. The number of benzene rings is 2. The molecule has 0 atom stereocenters. The van der Waals surface area contributed by atoms with Crippen LogP contribution in [0, 0.1) is 0 Å². The fourth-order valence-electron chi connectivity index (χ4n) is 1.82. The first-order valence-electron chi connectivity index (χ1n) is 5.98. The van der Waals surface area contributed by atoms with Crippen molar-refractivity contribution >= 4 is 22.6 Å². The standard InChI is InChI=1S/C15H11ClN2O2/c1-19-10-2-4-11(5-3-10)20-15-9-14-13(8-12(15)16)17-6-7-18-14/h2-9H,1H3. The van der Waals surface area contributed by atoms with Gasteiger partial charge >= 0.3 is 0 Å². The lowest BCUT2D eigenvalue weighted by Crippen LogP contribution is -1.89. The molecule has 0 saturated heterocycles. The summed E-state index contributed by atoms with van der Waals surface area (Å²) in [5.74, 6) is 1.99. The molecule has 0 bridgehead atoms. The summed E-state index contributed by atoms with van der Waals surface area (Å²) in [6.07, 6.45) is 3.26. The molecule has 5 heteroatoms. The second kappa shape index (κ2) is 5.35. The molecule has 0 aliphatic carbocycles. The molecule has 20 heavy (non-hydrogen) atoms. The molecule has 4 nitrogen and oxygen atoms in total. The van der Waals surface area contributed by atoms with Crippen molar-refractivity contribution in [3.63, 3.8) is 0 Å². The Balaban J connectivity index is 1.94. The van der Waals surface area contributed by atoms with Crippen LogP contribution in [-0.4, -0.2) is 17.1 Å². The lowest BCUT2D eigenvalue weighted by atomic mass is 10.2. The van der Waals surface area contributed by atoms with E-state index in [4.69, 9.17) is 21.1 Å². The van der Waals surface area contributed by atoms with Gasteiger partial charge in [0.25, 0.3) is 0 Å². The number of fused-ring (bicyclic) bond motifs is 1. The maximum atomic E-state index is 6.19. The average molecular weight is 287 g/mol. The number of ether oxygens (including phenoxy) is 2. The third-order valence-electron chi connectivity index (χ3n) is 2.81. The Labute approximate surface area is 121 Å². The lowest BCUT2D eigenvalue weighted by Gasteiger charge is -2.09. The van der Waals surface area contributed by atoms with E-state index in [2.05, 4.69) is 9.97 Å². The quantitative estimate of drug-likeness (QED) is 0.727. The van der Waals surface area contributed by atoms with Crippen molar-refractivity contribution in [3.05, 3.63) is 53.8 Å². The summed E-state index contributed by atoms with van der Waals surface area (Å²) in [5.41, 5.74) is 1.47. The molecule has 3 rings (SSSR count). The Hall–Kier alpha value is -2.33. The van der Waals surface area contributed by atoms with Gasteiger partial charge in [-0.1, -0.05) is 11.6 Å². The van der Waals surface area contributed by atoms with Crippen molar-refractivity contribution in [2.24, 2.45) is 0 Å². The Morgan fingerprint density at radius 1 is 0.900 bits per heavy atom. The highest BCUT2D eigenvalue weighted by Crippen LogP contribution is 2.32. The molecule has 0 aliphatic rings. The van der Waals surface area contributed by atoms with Gasteiger partial charge in [0.15, 0.2) is 0 Å². The van der Waals surface area contributed by atoms with E-state index in [1.807, 2.05) is 24.3 Å². The van der Waals surface area contributed by atoms with Crippen molar-refractivity contribution in [2.75, 3.05) is 7.11 Å². The highest BCUT2D eigenvalue weighted by Gasteiger charge is 2.07. The number of hydrogen-bond donors (Lipinski definition) is 0. The van der Waals surface area contributed by atoms with E-state index in [1.54, 1.807) is 31.6 Å². The largest absolute Gasteiger partial charge is 0.497 e. The van der Waals surface area contributed by atoms with E-state index in [0.29, 0.717) is 16.5 Å². The molecule has 0 aliphatic heterocycles. The summed E-state index contributed by atoms with van der Waals surface area (Å²) in [6.45, 7) is 0. The van der Waals surface area contributed by atoms with E-state index in [-0.39, 0.29) is 0 Å². The van der Waals surface area contributed by atoms with Gasteiger partial charge in [-0.3, -0.25) is 9.97 Å². The van der Waals surface area contributed by atoms with E-state index in [1.165, 1.54) is 0 Å². The van der Waals surface area contributed by atoms with Crippen LogP contribution in [0.2, 0.25) is 5.02 Å². The van der Waals surface area contributed by atoms with Crippen molar-refractivity contribution in [2.45, 2.75) is 0 Å². The first kappa shape index (κ1) is 12.7. The molecule has 0 fully saturated rings. The van der Waals surface area contributed by atoms with E-state index in [9.17, 15) is 0 Å². The second-order valence-electron chi connectivity index (χ2n) is 4.11. The molecule has 0 radical (unpaired) electrons. The molecular weight excluding hydrogens is 276 g/mol. The minimum atomic E-state index is 0.494. The number of aromatic nitrogens is 2. The van der Waals surface area contributed by atoms with Gasteiger partial charge < -0.3 is 9.47 Å². The fraction of sp³-hybridized carbons (Fsp3) is 0.0667. The molecule has 1 heterocycles. The predicted octanol–water partition coefficient (Wildman–Crippen LogP) is 4.08. The number of halogens is 1. The number of hydrogen-bond acceptors (Lipinski definition) is 4. The molecule has 100 valence electrons. The molecule has 3 aromatic rings. The molecule has 0 amide bonds. The minimum Gasteiger partial charge on any atom is -0.497 e. The number of methoxy groups -OCH3 is 1. The third kappa shape index (κ3) is 2.51. The van der Waals surface area contributed by atoms with Crippen LogP contribution in [0.1, 0.15) is 0 Å². The van der Waals surface area contributed by atoms with Crippen LogP contribution in [0.4, 0.5) is 0 Å². The minimum absolute atomic E-state index is 0.494. The summed E-state index contributed by atoms with van der Waals surface area (Å²) < 4.78 is 10.9. The summed E-state index contributed by atoms with van der Waals surface area (Å²) >= 11 is 6.19. The Morgan fingerprint density at radius 2 is 1.50 bits per heavy atom. The third-order valence-corrected chi connectivity index (χ3v) is 3.11. The summed E-state index contributed by atoms with van der Waals surface area (Å²) in [4.78, 5) is 8.42. The van der Waals surface area contributed by atoms with E-state index in [0.717, 1.165) is 16.8 Å². The van der Waals surface area contributed by atoms with Crippen molar-refractivity contribution in [1.82, 2.24) is 9.97 Å². The smallest absolute Gasteiger partial charge is 0.148 e. The first-order valence-corrected chi connectivity index (χ1v) is 6.36. The van der Waals surface area contributed by atoms with Crippen molar-refractivity contribution < 1.29 is 9.47 Å². The number of rotatable bonds is 3. The van der Waals surface area contributed by atoms with Crippen LogP contribution in [0.15, 0.2) is 48.8 Å². The maximum Gasteiger partial charge on any atom is 0.148 e. The lowest BCUT2D eigenvalue weighted by molar-refractivity contribution is 0.413. The van der Waals surface area contributed by atoms with Gasteiger partial charge in [-0.2, -0.15) is 0 Å². The average Bonchev–Trinajstić information content (AvgIpc) is 2.49. The molecule has 0 saturated carbocycles. The van der Waals surface area contributed by atoms with Crippen molar-refractivity contribution in [1.29, 1.82) is 0 Å². The summed E-state index contributed by atoms with van der Waals surface area (Å²) in [5, 5.41) is 0.494. The summed E-state index contributed by atoms with van der Waals surface area (Å²) in [7, 11) is 1.62. The van der Waals surface area contributed by atoms with Crippen LogP contribution in [0.3, 0.4) is 0 Å². The summed E-state index contributed by atoms with van der Waals surface area (Å²) in [6, 6.07) is 10.8. The first-order chi connectivity index (χ1) is 9.76. The van der Waals surface area contributed by atoms with Gasteiger partial charge in [-0.05, 0) is 30.3 Å². The maximum absolute atomic E-state index is 6.19. The Morgan fingerprint density at radius 3 is 2.15 bits per heavy atom. The van der Waals surface area contributed by atoms with Gasteiger partial charge in [-0.15, -0.1) is 0 Å². The normalized spacial score (nSPS) is 10.5. The van der Waals surface area contributed by atoms with Gasteiger partial charge in [-0.25, -0.2) is 0 Å². The van der Waals surface area contributed by atoms with Gasteiger partial charge in [0.1, 0.15) is 17.2 Å². The van der Waals surface area contributed by atoms with Gasteiger partial charge in [0.05, 0.1) is 23.2 Å². The molecule has 2 aromatic carbocycles. The van der Waals surface area contributed by atoms with Crippen LogP contribution in [-0.2, 0) is 0 Å². The number of nitrogens with zero attached hydrogens (tertiary/aromatic N) is 2.